The first-order valence-corrected chi connectivity index (χ1v) is 13.5. The molecule has 2 aromatic carbocycles. The van der Waals surface area contributed by atoms with Crippen LogP contribution in [0.2, 0.25) is 0 Å². The number of pyridine rings is 1. The predicted molar refractivity (Wildman–Crippen MR) is 152 cm³/mol. The molecule has 3 aromatic rings. The van der Waals surface area contributed by atoms with Gasteiger partial charge in [0.15, 0.2) is 12.2 Å². The van der Waals surface area contributed by atoms with Gasteiger partial charge in [0.05, 0.1) is 0 Å². The molecule has 2 heterocycles. The molecule has 1 N–H and O–H groups in total. The Hall–Kier alpha value is -4.71. The number of hydrogen-bond acceptors (Lipinski definition) is 11. The largest absolute Gasteiger partial charge is 0.463 e. The van der Waals surface area contributed by atoms with Gasteiger partial charge >= 0.3 is 23.9 Å². The highest BCUT2D eigenvalue weighted by molar-refractivity contribution is 5.86. The number of carbonyl (C=O) groups is 4. The van der Waals surface area contributed by atoms with Crippen molar-refractivity contribution in [3.8, 4) is 16.9 Å². The van der Waals surface area contributed by atoms with Gasteiger partial charge in [-0.2, -0.15) is 0 Å². The number of carbonyl (C=O) groups excluding carboxylic acids is 4. The molecule has 1 aliphatic rings. The predicted octanol–water partition coefficient (Wildman–Crippen LogP) is 3.27. The van der Waals surface area contributed by atoms with E-state index in [1.165, 1.54) is 6.92 Å². The molecule has 1 aromatic heterocycles. The lowest BCUT2D eigenvalue weighted by Gasteiger charge is -2.44. The molecule has 0 aliphatic carbocycles. The number of ether oxygens (including phenoxy) is 6. The van der Waals surface area contributed by atoms with E-state index < -0.39 is 54.6 Å². The Morgan fingerprint density at radius 2 is 1.37 bits per heavy atom. The topological polar surface area (TPSA) is 157 Å². The second-order valence-electron chi connectivity index (χ2n) is 10.2. The van der Waals surface area contributed by atoms with Crippen LogP contribution in [-0.2, 0) is 42.9 Å². The fraction of sp³-hybridized carbons (Fsp3) is 0.387. The molecular weight excluding hydrogens is 562 g/mol. The summed E-state index contributed by atoms with van der Waals surface area (Å²) in [7, 11) is 0. The summed E-state index contributed by atoms with van der Waals surface area (Å²) in [6.45, 7) is 7.91. The monoisotopic (exact) mass is 595 g/mol. The van der Waals surface area contributed by atoms with Crippen LogP contribution in [0, 0.1) is 13.8 Å². The minimum atomic E-state index is -1.36. The number of aromatic amines is 1. The van der Waals surface area contributed by atoms with Crippen molar-refractivity contribution in [1.29, 1.82) is 0 Å². The normalized spacial score (nSPS) is 21.5. The summed E-state index contributed by atoms with van der Waals surface area (Å²) in [6, 6.07) is 11.1. The Morgan fingerprint density at radius 3 is 1.98 bits per heavy atom. The van der Waals surface area contributed by atoms with E-state index in [1.807, 2.05) is 50.2 Å². The van der Waals surface area contributed by atoms with Crippen LogP contribution in [-0.4, -0.2) is 66.2 Å². The van der Waals surface area contributed by atoms with E-state index in [1.54, 1.807) is 6.20 Å². The van der Waals surface area contributed by atoms with Gasteiger partial charge in [0.2, 0.25) is 12.4 Å². The number of rotatable bonds is 8. The van der Waals surface area contributed by atoms with E-state index >= 15 is 0 Å². The number of aromatic nitrogens is 1. The molecule has 0 saturated carbocycles. The third-order valence-electron chi connectivity index (χ3n) is 6.75. The lowest BCUT2D eigenvalue weighted by atomic mass is 9.97. The van der Waals surface area contributed by atoms with E-state index in [-0.39, 0.29) is 12.2 Å². The van der Waals surface area contributed by atoms with Crippen LogP contribution in [0.4, 0.5) is 0 Å². The summed E-state index contributed by atoms with van der Waals surface area (Å²) in [5.41, 5.74) is 2.81. The maximum Gasteiger partial charge on any atom is 0.303 e. The van der Waals surface area contributed by atoms with Gasteiger partial charge < -0.3 is 33.4 Å². The van der Waals surface area contributed by atoms with Crippen molar-refractivity contribution in [2.24, 2.45) is 0 Å². The molecule has 0 radical (unpaired) electrons. The number of benzene rings is 2. The summed E-state index contributed by atoms with van der Waals surface area (Å²) in [6.07, 6.45) is -4.89. The number of H-pyrrole nitrogens is 1. The zero-order valence-electron chi connectivity index (χ0n) is 24.6. The summed E-state index contributed by atoms with van der Waals surface area (Å²) < 4.78 is 33.9. The summed E-state index contributed by atoms with van der Waals surface area (Å²) in [4.78, 5) is 62.9. The van der Waals surface area contributed by atoms with Gasteiger partial charge in [0.25, 0.3) is 5.56 Å². The van der Waals surface area contributed by atoms with Gasteiger partial charge in [-0.1, -0.05) is 12.1 Å². The van der Waals surface area contributed by atoms with Gasteiger partial charge in [-0.15, -0.1) is 0 Å². The molecule has 0 bridgehead atoms. The molecule has 4 rings (SSSR count). The van der Waals surface area contributed by atoms with Gasteiger partial charge in [-0.3, -0.25) is 24.0 Å². The smallest absolute Gasteiger partial charge is 0.303 e. The molecule has 12 nitrogen and oxygen atoms in total. The quantitative estimate of drug-likeness (QED) is 0.301. The average molecular weight is 596 g/mol. The maximum atomic E-state index is 12.4. The highest BCUT2D eigenvalue weighted by Gasteiger charge is 2.53. The zero-order valence-corrected chi connectivity index (χ0v) is 24.6. The van der Waals surface area contributed by atoms with Crippen LogP contribution < -0.4 is 10.3 Å². The lowest BCUT2D eigenvalue weighted by Crippen LogP contribution is -2.63. The van der Waals surface area contributed by atoms with Crippen molar-refractivity contribution in [3.05, 3.63) is 64.1 Å². The van der Waals surface area contributed by atoms with Crippen molar-refractivity contribution < 1.29 is 47.6 Å². The summed E-state index contributed by atoms with van der Waals surface area (Å²) in [5, 5.41) is 1.36. The van der Waals surface area contributed by atoms with E-state index in [4.69, 9.17) is 28.4 Å². The van der Waals surface area contributed by atoms with Crippen molar-refractivity contribution in [2.75, 3.05) is 6.61 Å². The Morgan fingerprint density at radius 1 is 0.767 bits per heavy atom. The Labute approximate surface area is 247 Å². The molecule has 12 heteroatoms. The number of nitrogens with one attached hydrogen (secondary N) is 1. The Balaban J connectivity index is 1.73. The average Bonchev–Trinajstić information content (AvgIpc) is 2.91. The number of aryl methyl sites for hydroxylation is 2. The molecule has 1 fully saturated rings. The van der Waals surface area contributed by atoms with Crippen molar-refractivity contribution in [3.63, 3.8) is 0 Å². The fourth-order valence-electron chi connectivity index (χ4n) is 5.07. The molecule has 228 valence electrons. The number of fused-ring (bicyclic) bond motifs is 1. The van der Waals surface area contributed by atoms with Crippen LogP contribution in [0.5, 0.6) is 5.75 Å². The van der Waals surface area contributed by atoms with Crippen LogP contribution in [0.3, 0.4) is 0 Å². The molecule has 0 spiro atoms. The first-order chi connectivity index (χ1) is 20.3. The second-order valence-corrected chi connectivity index (χ2v) is 10.2. The standard InChI is InChI=1S/C31H33NO11/c1-15-11-23(22-8-7-21-9-10-32-30(37)24(21)13-22)12-16(2)26(15)43-31-29(41-20(6)36)28(40-19(5)35)27(39-18(4)34)25(42-31)14-38-17(3)33/h7-13,25,27-29,31H,14H2,1-6H3,(H,32,37)/t25-,27-,28+,29+,31-/m1/s1. The van der Waals surface area contributed by atoms with Crippen molar-refractivity contribution >= 4 is 34.6 Å². The van der Waals surface area contributed by atoms with Gasteiger partial charge in [-0.05, 0) is 65.8 Å². The van der Waals surface area contributed by atoms with Crippen molar-refractivity contribution in [1.82, 2.24) is 4.98 Å². The first kappa shape index (κ1) is 31.2. The molecule has 43 heavy (non-hydrogen) atoms. The molecular formula is C31H33NO11. The van der Waals surface area contributed by atoms with Crippen LogP contribution in [0.25, 0.3) is 21.9 Å². The van der Waals surface area contributed by atoms with E-state index in [9.17, 15) is 24.0 Å². The molecule has 0 amide bonds. The van der Waals surface area contributed by atoms with Crippen molar-refractivity contribution in [2.45, 2.75) is 72.2 Å². The maximum absolute atomic E-state index is 12.4. The summed E-state index contributed by atoms with van der Waals surface area (Å²) in [5.74, 6) is -2.42. The Kier molecular flexibility index (Phi) is 9.50. The number of esters is 4. The fourth-order valence-corrected chi connectivity index (χ4v) is 5.07. The Bertz CT molecular complexity index is 1590. The SMILES string of the molecule is CC(=O)OC[C@H]1O[C@H](Oc2c(C)cc(-c3ccc4cc[nH]c(=O)c4c3)cc2C)[C@@H](OC(C)=O)[C@@H](OC(C)=O)[C@@H]1OC(C)=O. The second kappa shape index (κ2) is 13.1. The third-order valence-corrected chi connectivity index (χ3v) is 6.75. The molecule has 5 atom stereocenters. The number of hydrogen-bond donors (Lipinski definition) is 1. The van der Waals surface area contributed by atoms with E-state index in [0.29, 0.717) is 22.3 Å². The molecule has 0 unspecified atom stereocenters. The van der Waals surface area contributed by atoms with Gasteiger partial charge in [-0.25, -0.2) is 0 Å². The third kappa shape index (κ3) is 7.39. The lowest BCUT2D eigenvalue weighted by molar-refractivity contribution is -0.288. The van der Waals surface area contributed by atoms with E-state index in [0.717, 1.165) is 37.3 Å². The van der Waals surface area contributed by atoms with Crippen LogP contribution in [0.1, 0.15) is 38.8 Å². The minimum Gasteiger partial charge on any atom is -0.463 e. The van der Waals surface area contributed by atoms with Gasteiger partial charge in [0.1, 0.15) is 18.5 Å². The minimum absolute atomic E-state index is 0.198. The zero-order chi connectivity index (χ0) is 31.4. The molecule has 1 saturated heterocycles. The highest BCUT2D eigenvalue weighted by Crippen LogP contribution is 2.35. The van der Waals surface area contributed by atoms with E-state index in [2.05, 4.69) is 4.98 Å². The van der Waals surface area contributed by atoms with Crippen LogP contribution >= 0.6 is 0 Å². The van der Waals surface area contributed by atoms with Crippen LogP contribution in [0.15, 0.2) is 47.4 Å². The summed E-state index contributed by atoms with van der Waals surface area (Å²) >= 11 is 0. The van der Waals surface area contributed by atoms with Gasteiger partial charge in [0, 0.05) is 39.3 Å². The first-order valence-electron chi connectivity index (χ1n) is 13.5. The highest BCUT2D eigenvalue weighted by atomic mass is 16.7. The molecule has 1 aliphatic heterocycles.